The molecule has 0 aliphatic heterocycles. The molecule has 0 atom stereocenters. The lowest BCUT2D eigenvalue weighted by atomic mass is 10.1. The van der Waals surface area contributed by atoms with Crippen LogP contribution < -0.4 is 0 Å². The lowest BCUT2D eigenvalue weighted by molar-refractivity contribution is -0.130. The lowest BCUT2D eigenvalue weighted by Gasteiger charge is -2.20. The molecule has 0 aliphatic carbocycles. The average Bonchev–Trinajstić information content (AvgIpc) is 3.13. The second kappa shape index (κ2) is 6.36. The van der Waals surface area contributed by atoms with Crippen molar-refractivity contribution in [2.24, 2.45) is 0 Å². The van der Waals surface area contributed by atoms with Gasteiger partial charge in [-0.3, -0.25) is 4.79 Å². The Morgan fingerprint density at radius 1 is 1.23 bits per heavy atom. The summed E-state index contributed by atoms with van der Waals surface area (Å²) in [6.45, 7) is 5.51. The van der Waals surface area contributed by atoms with Crippen LogP contribution in [0, 0.1) is 6.92 Å². The Kier molecular flexibility index (Phi) is 4.29. The first-order valence-electron chi connectivity index (χ1n) is 7.55. The third-order valence-corrected chi connectivity index (χ3v) is 4.88. The van der Waals surface area contributed by atoms with E-state index in [2.05, 4.69) is 28.6 Å². The van der Waals surface area contributed by atoms with Crippen molar-refractivity contribution in [2.75, 3.05) is 6.54 Å². The highest BCUT2D eigenvalue weighted by atomic mass is 32.1. The maximum absolute atomic E-state index is 12.7. The maximum Gasteiger partial charge on any atom is 0.227 e. The van der Waals surface area contributed by atoms with Crippen molar-refractivity contribution in [2.45, 2.75) is 26.8 Å². The molecule has 1 aromatic carbocycles. The van der Waals surface area contributed by atoms with E-state index in [4.69, 9.17) is 0 Å². The topological polar surface area (TPSA) is 36.1 Å². The van der Waals surface area contributed by atoms with Crippen molar-refractivity contribution >= 4 is 28.1 Å². The number of H-pyrrole nitrogens is 1. The Hall–Kier alpha value is -2.07. The molecule has 0 spiro atoms. The number of para-hydroxylation sites is 1. The monoisotopic (exact) mass is 312 g/mol. The first-order valence-corrected chi connectivity index (χ1v) is 8.43. The van der Waals surface area contributed by atoms with E-state index in [1.807, 2.05) is 36.9 Å². The zero-order valence-corrected chi connectivity index (χ0v) is 13.7. The lowest BCUT2D eigenvalue weighted by Crippen LogP contribution is -2.31. The first-order chi connectivity index (χ1) is 10.7. The van der Waals surface area contributed by atoms with Gasteiger partial charge in [0.2, 0.25) is 5.91 Å². The van der Waals surface area contributed by atoms with Crippen LogP contribution in [0.25, 0.3) is 10.9 Å². The zero-order valence-electron chi connectivity index (χ0n) is 12.9. The molecule has 1 amide bonds. The Balaban J connectivity index is 1.81. The molecule has 3 nitrogen and oxygen atoms in total. The minimum Gasteiger partial charge on any atom is -0.358 e. The normalized spacial score (nSPS) is 11.0. The number of carbonyl (C=O) groups excluding carboxylic acids is 1. The van der Waals surface area contributed by atoms with Gasteiger partial charge in [-0.05, 0) is 36.9 Å². The second-order valence-electron chi connectivity index (χ2n) is 5.44. The summed E-state index contributed by atoms with van der Waals surface area (Å²) in [6, 6.07) is 12.3. The fraction of sp³-hybridized carbons (Fsp3) is 0.278. The molecular formula is C18H20N2OS. The van der Waals surface area contributed by atoms with Crippen LogP contribution in [0.3, 0.4) is 0 Å². The molecule has 22 heavy (non-hydrogen) atoms. The number of fused-ring (bicyclic) bond motifs is 1. The Morgan fingerprint density at radius 2 is 2.05 bits per heavy atom. The minimum absolute atomic E-state index is 0.184. The van der Waals surface area contributed by atoms with Crippen LogP contribution in [0.1, 0.15) is 23.1 Å². The number of nitrogens with zero attached hydrogens (tertiary/aromatic N) is 1. The van der Waals surface area contributed by atoms with Gasteiger partial charge in [0, 0.05) is 28.0 Å². The van der Waals surface area contributed by atoms with E-state index in [1.54, 1.807) is 11.3 Å². The molecule has 4 heteroatoms. The Labute approximate surface area is 134 Å². The number of thiophene rings is 1. The zero-order chi connectivity index (χ0) is 15.5. The molecule has 3 aromatic rings. The van der Waals surface area contributed by atoms with Gasteiger partial charge in [-0.15, -0.1) is 11.3 Å². The SMILES string of the molecule is CCN(Cc1cccs1)C(=O)Cc1c(C)[nH]c2ccccc12. The third-order valence-electron chi connectivity index (χ3n) is 4.02. The summed E-state index contributed by atoms with van der Waals surface area (Å²) in [5.41, 5.74) is 3.30. The predicted molar refractivity (Wildman–Crippen MR) is 92.1 cm³/mol. The predicted octanol–water partition coefficient (Wildman–Crippen LogP) is 4.13. The van der Waals surface area contributed by atoms with E-state index in [1.165, 1.54) is 4.88 Å². The average molecular weight is 312 g/mol. The molecule has 0 fully saturated rings. The highest BCUT2D eigenvalue weighted by molar-refractivity contribution is 7.09. The number of amides is 1. The Morgan fingerprint density at radius 3 is 2.77 bits per heavy atom. The number of aromatic amines is 1. The standard InChI is InChI=1S/C18H20N2OS/c1-3-20(12-14-7-6-10-22-14)18(21)11-16-13(2)19-17-9-5-4-8-15(16)17/h4-10,19H,3,11-12H2,1-2H3. The molecule has 0 aliphatic rings. The molecule has 2 heterocycles. The molecule has 0 radical (unpaired) electrons. The smallest absolute Gasteiger partial charge is 0.227 e. The van der Waals surface area contributed by atoms with Crippen LogP contribution in [0.15, 0.2) is 41.8 Å². The number of aromatic nitrogens is 1. The van der Waals surface area contributed by atoms with Crippen LogP contribution >= 0.6 is 11.3 Å². The number of hydrogen-bond donors (Lipinski definition) is 1. The number of rotatable bonds is 5. The molecule has 3 rings (SSSR count). The summed E-state index contributed by atoms with van der Waals surface area (Å²) < 4.78 is 0. The fourth-order valence-electron chi connectivity index (χ4n) is 2.79. The number of likely N-dealkylation sites (N-methyl/N-ethyl adjacent to an activating group) is 1. The highest BCUT2D eigenvalue weighted by Gasteiger charge is 2.17. The van der Waals surface area contributed by atoms with Crippen molar-refractivity contribution in [3.05, 3.63) is 57.9 Å². The van der Waals surface area contributed by atoms with E-state index in [9.17, 15) is 4.79 Å². The van der Waals surface area contributed by atoms with Crippen LogP contribution in [0.4, 0.5) is 0 Å². The number of aryl methyl sites for hydroxylation is 1. The van der Waals surface area contributed by atoms with E-state index >= 15 is 0 Å². The van der Waals surface area contributed by atoms with Gasteiger partial charge in [-0.2, -0.15) is 0 Å². The van der Waals surface area contributed by atoms with Gasteiger partial charge >= 0.3 is 0 Å². The van der Waals surface area contributed by atoms with Crippen molar-refractivity contribution < 1.29 is 4.79 Å². The molecule has 0 saturated carbocycles. The molecule has 0 bridgehead atoms. The summed E-state index contributed by atoms with van der Waals surface area (Å²) in [4.78, 5) is 19.2. The van der Waals surface area contributed by atoms with Crippen LogP contribution in [0.5, 0.6) is 0 Å². The Bertz CT molecular complexity index is 774. The van der Waals surface area contributed by atoms with Gasteiger partial charge in [0.25, 0.3) is 0 Å². The van der Waals surface area contributed by atoms with Crippen LogP contribution in [-0.2, 0) is 17.8 Å². The third kappa shape index (κ3) is 2.92. The van der Waals surface area contributed by atoms with E-state index < -0.39 is 0 Å². The highest BCUT2D eigenvalue weighted by Crippen LogP contribution is 2.23. The van der Waals surface area contributed by atoms with Crippen molar-refractivity contribution in [3.63, 3.8) is 0 Å². The summed E-state index contributed by atoms with van der Waals surface area (Å²) in [5, 5.41) is 3.21. The molecule has 114 valence electrons. The summed E-state index contributed by atoms with van der Waals surface area (Å²) in [7, 11) is 0. The van der Waals surface area contributed by atoms with Crippen molar-refractivity contribution in [1.82, 2.24) is 9.88 Å². The molecule has 0 saturated heterocycles. The van der Waals surface area contributed by atoms with E-state index in [0.29, 0.717) is 13.0 Å². The number of nitrogens with one attached hydrogen (secondary N) is 1. The van der Waals surface area contributed by atoms with Crippen molar-refractivity contribution in [1.29, 1.82) is 0 Å². The van der Waals surface area contributed by atoms with Gasteiger partial charge in [0.05, 0.1) is 13.0 Å². The maximum atomic E-state index is 12.7. The molecule has 1 N–H and O–H groups in total. The van der Waals surface area contributed by atoms with Crippen LogP contribution in [0.2, 0.25) is 0 Å². The second-order valence-corrected chi connectivity index (χ2v) is 6.47. The van der Waals surface area contributed by atoms with E-state index in [0.717, 1.165) is 28.7 Å². The van der Waals surface area contributed by atoms with Gasteiger partial charge < -0.3 is 9.88 Å². The minimum atomic E-state index is 0.184. The number of benzene rings is 1. The summed E-state index contributed by atoms with van der Waals surface area (Å²) >= 11 is 1.70. The first kappa shape index (κ1) is 14.9. The fourth-order valence-corrected chi connectivity index (χ4v) is 3.51. The number of carbonyl (C=O) groups is 1. The largest absolute Gasteiger partial charge is 0.358 e. The van der Waals surface area contributed by atoms with Gasteiger partial charge in [-0.25, -0.2) is 0 Å². The molecular weight excluding hydrogens is 292 g/mol. The molecule has 0 unspecified atom stereocenters. The van der Waals surface area contributed by atoms with Gasteiger partial charge in [0.15, 0.2) is 0 Å². The molecule has 2 aromatic heterocycles. The van der Waals surface area contributed by atoms with Gasteiger partial charge in [0.1, 0.15) is 0 Å². The summed E-state index contributed by atoms with van der Waals surface area (Å²) in [6.07, 6.45) is 0.453. The van der Waals surface area contributed by atoms with Gasteiger partial charge in [-0.1, -0.05) is 24.3 Å². The quantitative estimate of drug-likeness (QED) is 0.755. The van der Waals surface area contributed by atoms with Crippen molar-refractivity contribution in [3.8, 4) is 0 Å². The van der Waals surface area contributed by atoms with Crippen LogP contribution in [-0.4, -0.2) is 22.3 Å². The number of hydrogen-bond acceptors (Lipinski definition) is 2. The van der Waals surface area contributed by atoms with E-state index in [-0.39, 0.29) is 5.91 Å². The summed E-state index contributed by atoms with van der Waals surface area (Å²) in [5.74, 6) is 0.184.